The summed E-state index contributed by atoms with van der Waals surface area (Å²) in [4.78, 5) is 16.5. The second-order valence-corrected chi connectivity index (χ2v) is 9.80. The second kappa shape index (κ2) is 10.1. The van der Waals surface area contributed by atoms with E-state index in [2.05, 4.69) is 32.2 Å². The molecular weight excluding hydrogens is 428 g/mol. The number of nitrogens with one attached hydrogen (secondary N) is 1. The molecule has 1 aliphatic rings. The van der Waals surface area contributed by atoms with Crippen molar-refractivity contribution in [2.45, 2.75) is 18.4 Å². The SMILES string of the molecule is Cc1cc(/C=N\NC(=O)COc2ccc(C3SCCS3)cc2)c(C)n1-c1ccccn1. The average molecular weight is 453 g/mol. The molecule has 0 saturated carbocycles. The Morgan fingerprint density at radius 2 is 2.00 bits per heavy atom. The van der Waals surface area contributed by atoms with Crippen LogP contribution < -0.4 is 10.2 Å². The number of thioether (sulfide) groups is 2. The van der Waals surface area contributed by atoms with Crippen molar-refractivity contribution in [3.8, 4) is 11.6 Å². The number of aryl methyl sites for hydroxylation is 1. The third kappa shape index (κ3) is 5.32. The number of hydrogen-bond acceptors (Lipinski definition) is 6. The molecule has 0 unspecified atom stereocenters. The van der Waals surface area contributed by atoms with Crippen molar-refractivity contribution in [3.05, 3.63) is 77.2 Å². The molecule has 8 heteroatoms. The van der Waals surface area contributed by atoms with Gasteiger partial charge in [-0.2, -0.15) is 5.10 Å². The largest absolute Gasteiger partial charge is 0.484 e. The molecule has 2 aromatic heterocycles. The van der Waals surface area contributed by atoms with Crippen LogP contribution in [0.25, 0.3) is 5.82 Å². The highest BCUT2D eigenvalue weighted by molar-refractivity contribution is 8.19. The number of amides is 1. The number of carbonyl (C=O) groups excluding carboxylic acids is 1. The normalized spacial score (nSPS) is 14.3. The van der Waals surface area contributed by atoms with Crippen LogP contribution >= 0.6 is 23.5 Å². The van der Waals surface area contributed by atoms with Gasteiger partial charge in [0.25, 0.3) is 5.91 Å². The van der Waals surface area contributed by atoms with Crippen LogP contribution in [0.3, 0.4) is 0 Å². The molecule has 1 aromatic carbocycles. The number of hydrogen-bond donors (Lipinski definition) is 1. The van der Waals surface area contributed by atoms with Gasteiger partial charge in [-0.25, -0.2) is 10.4 Å². The maximum Gasteiger partial charge on any atom is 0.277 e. The minimum absolute atomic E-state index is 0.0867. The highest BCUT2D eigenvalue weighted by Crippen LogP contribution is 2.45. The van der Waals surface area contributed by atoms with E-state index in [9.17, 15) is 4.79 Å². The van der Waals surface area contributed by atoms with Crippen molar-refractivity contribution in [2.24, 2.45) is 5.10 Å². The van der Waals surface area contributed by atoms with E-state index in [1.54, 1.807) is 12.4 Å². The first-order valence-electron chi connectivity index (χ1n) is 10.00. The van der Waals surface area contributed by atoms with Gasteiger partial charge in [-0.3, -0.25) is 4.79 Å². The Bertz CT molecular complexity index is 1060. The molecule has 0 bridgehead atoms. The zero-order valence-electron chi connectivity index (χ0n) is 17.4. The van der Waals surface area contributed by atoms with Crippen LogP contribution in [0.15, 0.2) is 59.8 Å². The Balaban J connectivity index is 1.30. The first-order chi connectivity index (χ1) is 15.1. The lowest BCUT2D eigenvalue weighted by Crippen LogP contribution is -2.24. The summed E-state index contributed by atoms with van der Waals surface area (Å²) in [5.74, 6) is 3.61. The molecule has 6 nitrogen and oxygen atoms in total. The molecule has 1 fully saturated rings. The summed E-state index contributed by atoms with van der Waals surface area (Å²) in [5.41, 5.74) is 6.79. The molecule has 3 aromatic rings. The summed E-state index contributed by atoms with van der Waals surface area (Å²) >= 11 is 3.93. The zero-order chi connectivity index (χ0) is 21.6. The van der Waals surface area contributed by atoms with Gasteiger partial charge in [-0.05, 0) is 49.7 Å². The highest BCUT2D eigenvalue weighted by Gasteiger charge is 2.18. The van der Waals surface area contributed by atoms with E-state index in [1.165, 1.54) is 17.1 Å². The Kier molecular flexibility index (Phi) is 6.99. The third-order valence-corrected chi connectivity index (χ3v) is 7.99. The first kappa shape index (κ1) is 21.5. The van der Waals surface area contributed by atoms with Gasteiger partial charge < -0.3 is 9.30 Å². The quantitative estimate of drug-likeness (QED) is 0.422. The van der Waals surface area contributed by atoms with Gasteiger partial charge in [-0.1, -0.05) is 18.2 Å². The van der Waals surface area contributed by atoms with Gasteiger partial charge in [0.05, 0.1) is 10.8 Å². The predicted molar refractivity (Wildman–Crippen MR) is 128 cm³/mol. The van der Waals surface area contributed by atoms with E-state index in [-0.39, 0.29) is 12.5 Å². The van der Waals surface area contributed by atoms with E-state index in [0.717, 1.165) is 22.8 Å². The molecular formula is C23H24N4O2S2. The zero-order valence-corrected chi connectivity index (χ0v) is 19.1. The average Bonchev–Trinajstić information content (AvgIpc) is 3.42. The van der Waals surface area contributed by atoms with Gasteiger partial charge in [0.1, 0.15) is 11.6 Å². The minimum Gasteiger partial charge on any atom is -0.484 e. The van der Waals surface area contributed by atoms with Crippen molar-refractivity contribution in [1.29, 1.82) is 0 Å². The molecule has 0 aliphatic carbocycles. The standard InChI is InChI=1S/C23H24N4O2S2/c1-16-13-19(17(2)27(16)21-5-3-4-10-24-21)14-25-26-22(28)15-29-20-8-6-18(7-9-20)23-30-11-12-31-23/h3-10,13-14,23H,11-12,15H2,1-2H3,(H,26,28)/b25-14-. The van der Waals surface area contributed by atoms with Crippen molar-refractivity contribution >= 4 is 35.6 Å². The third-order valence-electron chi connectivity index (χ3n) is 4.89. The van der Waals surface area contributed by atoms with Crippen molar-refractivity contribution in [3.63, 3.8) is 0 Å². The Hall–Kier alpha value is -2.71. The summed E-state index contributed by atoms with van der Waals surface area (Å²) in [6.45, 7) is 3.93. The second-order valence-electron chi connectivity index (χ2n) is 7.07. The van der Waals surface area contributed by atoms with Crippen molar-refractivity contribution in [1.82, 2.24) is 15.0 Å². The van der Waals surface area contributed by atoms with E-state index < -0.39 is 0 Å². The van der Waals surface area contributed by atoms with Crippen LogP contribution in [-0.4, -0.2) is 39.8 Å². The van der Waals surface area contributed by atoms with Crippen LogP contribution in [-0.2, 0) is 4.79 Å². The van der Waals surface area contributed by atoms with E-state index in [0.29, 0.717) is 10.3 Å². The molecule has 0 atom stereocenters. The molecule has 1 aliphatic heterocycles. The molecule has 1 N–H and O–H groups in total. The van der Waals surface area contributed by atoms with Gasteiger partial charge in [0, 0.05) is 34.7 Å². The Labute approximate surface area is 190 Å². The number of pyridine rings is 1. The van der Waals surface area contributed by atoms with E-state index in [1.807, 2.05) is 73.8 Å². The van der Waals surface area contributed by atoms with Gasteiger partial charge >= 0.3 is 0 Å². The molecule has 4 rings (SSSR count). The predicted octanol–water partition coefficient (Wildman–Crippen LogP) is 4.50. The number of ether oxygens (including phenoxy) is 1. The molecule has 3 heterocycles. The number of rotatable bonds is 7. The molecule has 31 heavy (non-hydrogen) atoms. The summed E-state index contributed by atoms with van der Waals surface area (Å²) in [5, 5.41) is 4.09. The number of carbonyl (C=O) groups is 1. The van der Waals surface area contributed by atoms with Gasteiger partial charge in [0.2, 0.25) is 0 Å². The lowest BCUT2D eigenvalue weighted by Gasteiger charge is -2.10. The van der Waals surface area contributed by atoms with Crippen LogP contribution in [0.2, 0.25) is 0 Å². The fourth-order valence-corrected chi connectivity index (χ4v) is 6.24. The van der Waals surface area contributed by atoms with Gasteiger partial charge in [-0.15, -0.1) is 23.5 Å². The molecule has 0 radical (unpaired) electrons. The first-order valence-corrected chi connectivity index (χ1v) is 12.1. The van der Waals surface area contributed by atoms with Crippen molar-refractivity contribution < 1.29 is 9.53 Å². The van der Waals surface area contributed by atoms with Crippen molar-refractivity contribution in [2.75, 3.05) is 18.1 Å². The number of nitrogens with zero attached hydrogens (tertiary/aromatic N) is 3. The molecule has 0 spiro atoms. The van der Waals surface area contributed by atoms with Crippen LogP contribution in [0.1, 0.15) is 27.1 Å². The van der Waals surface area contributed by atoms with E-state index in [4.69, 9.17) is 4.74 Å². The fraction of sp³-hybridized carbons (Fsp3) is 0.261. The smallest absolute Gasteiger partial charge is 0.277 e. The lowest BCUT2D eigenvalue weighted by atomic mass is 10.2. The summed E-state index contributed by atoms with van der Waals surface area (Å²) in [6.07, 6.45) is 3.41. The van der Waals surface area contributed by atoms with E-state index >= 15 is 0 Å². The summed E-state index contributed by atoms with van der Waals surface area (Å²) in [6, 6.07) is 15.8. The number of aromatic nitrogens is 2. The number of benzene rings is 1. The molecule has 160 valence electrons. The topological polar surface area (TPSA) is 68.5 Å². The van der Waals surface area contributed by atoms with Crippen LogP contribution in [0.5, 0.6) is 5.75 Å². The molecule has 1 amide bonds. The monoisotopic (exact) mass is 452 g/mol. The van der Waals surface area contributed by atoms with Crippen LogP contribution in [0.4, 0.5) is 0 Å². The number of hydrazone groups is 1. The van der Waals surface area contributed by atoms with Crippen LogP contribution in [0, 0.1) is 13.8 Å². The summed E-state index contributed by atoms with van der Waals surface area (Å²) < 4.78 is 8.14. The molecule has 1 saturated heterocycles. The highest BCUT2D eigenvalue weighted by atomic mass is 32.2. The maximum absolute atomic E-state index is 12.1. The van der Waals surface area contributed by atoms with Gasteiger partial charge in [0.15, 0.2) is 6.61 Å². The Morgan fingerprint density at radius 3 is 2.71 bits per heavy atom. The Morgan fingerprint density at radius 1 is 1.23 bits per heavy atom. The minimum atomic E-state index is -0.305. The fourth-order valence-electron chi connectivity index (χ4n) is 3.38. The maximum atomic E-state index is 12.1. The lowest BCUT2D eigenvalue weighted by molar-refractivity contribution is -0.123. The summed E-state index contributed by atoms with van der Waals surface area (Å²) in [7, 11) is 0.